The average molecular weight is 208 g/mol. The number of hydrogen-bond donors (Lipinski definition) is 1. The van der Waals surface area contributed by atoms with Crippen molar-refractivity contribution in [3.8, 4) is 5.75 Å². The standard InChI is InChI=1S/C12H20N2O/c1-5-13-8-11-12(15-9(2)3)7-6-10(4)14-11/h6-7,9,13H,5,8H2,1-4H3. The fourth-order valence-corrected chi connectivity index (χ4v) is 1.33. The second-order valence-corrected chi connectivity index (χ2v) is 3.84. The smallest absolute Gasteiger partial charge is 0.142 e. The largest absolute Gasteiger partial charge is 0.489 e. The molecule has 84 valence electrons. The van der Waals surface area contributed by atoms with Crippen LogP contribution in [0.5, 0.6) is 5.75 Å². The molecule has 0 aliphatic carbocycles. The molecule has 0 amide bonds. The molecule has 0 atom stereocenters. The van der Waals surface area contributed by atoms with Crippen LogP contribution in [0.3, 0.4) is 0 Å². The number of ether oxygens (including phenoxy) is 1. The average Bonchev–Trinajstić information content (AvgIpc) is 2.18. The Kier molecular flexibility index (Phi) is 4.56. The summed E-state index contributed by atoms with van der Waals surface area (Å²) in [6.07, 6.45) is 0.190. The van der Waals surface area contributed by atoms with E-state index in [4.69, 9.17) is 4.74 Å². The van der Waals surface area contributed by atoms with Gasteiger partial charge < -0.3 is 10.1 Å². The summed E-state index contributed by atoms with van der Waals surface area (Å²) in [5.74, 6) is 0.886. The molecule has 15 heavy (non-hydrogen) atoms. The molecular formula is C12H20N2O. The number of nitrogens with one attached hydrogen (secondary N) is 1. The normalized spacial score (nSPS) is 10.7. The Morgan fingerprint density at radius 3 is 2.73 bits per heavy atom. The number of hydrogen-bond acceptors (Lipinski definition) is 3. The van der Waals surface area contributed by atoms with E-state index in [0.29, 0.717) is 0 Å². The predicted octanol–water partition coefficient (Wildman–Crippen LogP) is 2.29. The summed E-state index contributed by atoms with van der Waals surface area (Å²) in [4.78, 5) is 4.48. The lowest BCUT2D eigenvalue weighted by Crippen LogP contribution is -2.16. The molecule has 3 nitrogen and oxygen atoms in total. The first-order chi connectivity index (χ1) is 7.13. The van der Waals surface area contributed by atoms with Gasteiger partial charge in [0.1, 0.15) is 5.75 Å². The summed E-state index contributed by atoms with van der Waals surface area (Å²) in [7, 11) is 0. The minimum Gasteiger partial charge on any atom is -0.489 e. The number of aromatic nitrogens is 1. The van der Waals surface area contributed by atoms with Gasteiger partial charge in [0.2, 0.25) is 0 Å². The summed E-state index contributed by atoms with van der Waals surface area (Å²) in [5.41, 5.74) is 2.02. The molecule has 3 heteroatoms. The maximum Gasteiger partial charge on any atom is 0.142 e. The third-order valence-corrected chi connectivity index (χ3v) is 1.98. The van der Waals surface area contributed by atoms with Gasteiger partial charge in [0.25, 0.3) is 0 Å². The molecule has 1 rings (SSSR count). The van der Waals surface area contributed by atoms with Crippen LogP contribution in [0.15, 0.2) is 12.1 Å². The first-order valence-electron chi connectivity index (χ1n) is 5.47. The Hall–Kier alpha value is -1.09. The Bertz CT molecular complexity index is 310. The second kappa shape index (κ2) is 5.71. The second-order valence-electron chi connectivity index (χ2n) is 3.84. The summed E-state index contributed by atoms with van der Waals surface area (Å²) in [6, 6.07) is 3.97. The molecule has 0 aliphatic rings. The van der Waals surface area contributed by atoms with E-state index in [0.717, 1.165) is 30.2 Å². The molecular weight excluding hydrogens is 188 g/mol. The monoisotopic (exact) mass is 208 g/mol. The molecule has 1 heterocycles. The fourth-order valence-electron chi connectivity index (χ4n) is 1.33. The molecule has 0 fully saturated rings. The molecule has 0 spiro atoms. The third kappa shape index (κ3) is 3.88. The third-order valence-electron chi connectivity index (χ3n) is 1.98. The van der Waals surface area contributed by atoms with Crippen LogP contribution in [-0.4, -0.2) is 17.6 Å². The van der Waals surface area contributed by atoms with Crippen molar-refractivity contribution >= 4 is 0 Å². The van der Waals surface area contributed by atoms with Crippen molar-refractivity contribution in [1.29, 1.82) is 0 Å². The number of rotatable bonds is 5. The lowest BCUT2D eigenvalue weighted by atomic mass is 10.2. The highest BCUT2D eigenvalue weighted by Crippen LogP contribution is 2.18. The summed E-state index contributed by atoms with van der Waals surface area (Å²) in [6.45, 7) is 9.83. The minimum atomic E-state index is 0.190. The molecule has 1 aromatic heterocycles. The number of nitrogens with zero attached hydrogens (tertiary/aromatic N) is 1. The van der Waals surface area contributed by atoms with Crippen molar-refractivity contribution in [1.82, 2.24) is 10.3 Å². The van der Waals surface area contributed by atoms with Crippen molar-refractivity contribution in [3.63, 3.8) is 0 Å². The summed E-state index contributed by atoms with van der Waals surface area (Å²) >= 11 is 0. The van der Waals surface area contributed by atoms with Crippen LogP contribution in [0.2, 0.25) is 0 Å². The molecule has 0 radical (unpaired) electrons. The van der Waals surface area contributed by atoms with Crippen molar-refractivity contribution in [2.75, 3.05) is 6.54 Å². The topological polar surface area (TPSA) is 34.2 Å². The van der Waals surface area contributed by atoms with E-state index in [1.165, 1.54) is 0 Å². The number of pyridine rings is 1. The van der Waals surface area contributed by atoms with E-state index in [-0.39, 0.29) is 6.10 Å². The van der Waals surface area contributed by atoms with E-state index >= 15 is 0 Å². The van der Waals surface area contributed by atoms with Gasteiger partial charge in [0.15, 0.2) is 0 Å². The highest BCUT2D eigenvalue weighted by Gasteiger charge is 2.06. The lowest BCUT2D eigenvalue weighted by Gasteiger charge is -2.14. The molecule has 1 aromatic rings. The zero-order valence-corrected chi connectivity index (χ0v) is 10.0. The van der Waals surface area contributed by atoms with Crippen LogP contribution in [-0.2, 0) is 6.54 Å². The first kappa shape index (κ1) is 12.0. The highest BCUT2D eigenvalue weighted by atomic mass is 16.5. The fraction of sp³-hybridized carbons (Fsp3) is 0.583. The van der Waals surface area contributed by atoms with Crippen LogP contribution in [0.25, 0.3) is 0 Å². The van der Waals surface area contributed by atoms with Gasteiger partial charge >= 0.3 is 0 Å². The zero-order chi connectivity index (χ0) is 11.3. The van der Waals surface area contributed by atoms with E-state index in [1.54, 1.807) is 0 Å². The molecule has 0 unspecified atom stereocenters. The quantitative estimate of drug-likeness (QED) is 0.806. The summed E-state index contributed by atoms with van der Waals surface area (Å²) < 4.78 is 5.69. The van der Waals surface area contributed by atoms with Crippen molar-refractivity contribution in [3.05, 3.63) is 23.5 Å². The van der Waals surface area contributed by atoms with Gasteiger partial charge in [-0.2, -0.15) is 0 Å². The van der Waals surface area contributed by atoms with Gasteiger partial charge in [0.05, 0.1) is 11.8 Å². The van der Waals surface area contributed by atoms with Crippen molar-refractivity contribution in [2.24, 2.45) is 0 Å². The van der Waals surface area contributed by atoms with Gasteiger partial charge in [-0.25, -0.2) is 0 Å². The maximum atomic E-state index is 5.69. The van der Waals surface area contributed by atoms with E-state index in [1.807, 2.05) is 32.9 Å². The van der Waals surface area contributed by atoms with E-state index in [2.05, 4.69) is 17.2 Å². The van der Waals surface area contributed by atoms with Crippen LogP contribution >= 0.6 is 0 Å². The van der Waals surface area contributed by atoms with Gasteiger partial charge in [-0.1, -0.05) is 6.92 Å². The van der Waals surface area contributed by atoms with Gasteiger partial charge in [0, 0.05) is 12.2 Å². The first-order valence-corrected chi connectivity index (χ1v) is 5.47. The summed E-state index contributed by atoms with van der Waals surface area (Å²) in [5, 5.41) is 3.26. The van der Waals surface area contributed by atoms with Crippen LogP contribution < -0.4 is 10.1 Å². The van der Waals surface area contributed by atoms with Gasteiger partial charge in [-0.05, 0) is 39.4 Å². The Morgan fingerprint density at radius 2 is 2.13 bits per heavy atom. The van der Waals surface area contributed by atoms with Crippen LogP contribution in [0.1, 0.15) is 32.2 Å². The Balaban J connectivity index is 2.82. The molecule has 0 saturated heterocycles. The van der Waals surface area contributed by atoms with Crippen LogP contribution in [0.4, 0.5) is 0 Å². The van der Waals surface area contributed by atoms with Gasteiger partial charge in [-0.15, -0.1) is 0 Å². The molecule has 0 saturated carbocycles. The Morgan fingerprint density at radius 1 is 1.40 bits per heavy atom. The van der Waals surface area contributed by atoms with Gasteiger partial charge in [-0.3, -0.25) is 4.98 Å². The number of aryl methyl sites for hydroxylation is 1. The minimum absolute atomic E-state index is 0.190. The van der Waals surface area contributed by atoms with E-state index < -0.39 is 0 Å². The maximum absolute atomic E-state index is 5.69. The van der Waals surface area contributed by atoms with Crippen molar-refractivity contribution in [2.45, 2.75) is 40.3 Å². The highest BCUT2D eigenvalue weighted by molar-refractivity contribution is 5.29. The van der Waals surface area contributed by atoms with Crippen molar-refractivity contribution < 1.29 is 4.74 Å². The molecule has 0 aliphatic heterocycles. The van der Waals surface area contributed by atoms with E-state index in [9.17, 15) is 0 Å². The molecule has 0 aromatic carbocycles. The zero-order valence-electron chi connectivity index (χ0n) is 10.0. The molecule has 1 N–H and O–H groups in total. The molecule has 0 bridgehead atoms. The Labute approximate surface area is 91.9 Å². The predicted molar refractivity (Wildman–Crippen MR) is 62.1 cm³/mol. The van der Waals surface area contributed by atoms with Crippen LogP contribution in [0, 0.1) is 6.92 Å². The SMILES string of the molecule is CCNCc1nc(C)ccc1OC(C)C. The lowest BCUT2D eigenvalue weighted by molar-refractivity contribution is 0.238.